The van der Waals surface area contributed by atoms with Crippen LogP contribution < -0.4 is 22.6 Å². The molecule has 0 saturated heterocycles. The van der Waals surface area contributed by atoms with E-state index in [9.17, 15) is 4.79 Å². The third-order valence-corrected chi connectivity index (χ3v) is 1.67. The van der Waals surface area contributed by atoms with Crippen molar-refractivity contribution in [3.05, 3.63) is 10.8 Å². The molecule has 16 heavy (non-hydrogen) atoms. The Morgan fingerprint density at radius 2 is 2.00 bits per heavy atom. The summed E-state index contributed by atoms with van der Waals surface area (Å²) in [6.07, 6.45) is 0.980. The summed E-state index contributed by atoms with van der Waals surface area (Å²) in [4.78, 5) is 18.6. The first-order valence-corrected chi connectivity index (χ1v) is 4.05. The van der Waals surface area contributed by atoms with Crippen molar-refractivity contribution in [2.45, 2.75) is 0 Å². The van der Waals surface area contributed by atoms with Crippen molar-refractivity contribution >= 4 is 47.9 Å². The van der Waals surface area contributed by atoms with E-state index >= 15 is 0 Å². The zero-order valence-electron chi connectivity index (χ0n) is 7.85. The zero-order valence-corrected chi connectivity index (χ0v) is 9.42. The Bertz CT molecular complexity index is 422. The molecule has 0 aliphatic carbocycles. The van der Waals surface area contributed by atoms with Gasteiger partial charge in [0.2, 0.25) is 0 Å². The maximum atomic E-state index is 11.3. The SMILES string of the molecule is Cl.NN=CNC(=O)c1nc(Cl)c(N)nc1N. The van der Waals surface area contributed by atoms with Crippen LogP contribution in [0.15, 0.2) is 5.10 Å². The van der Waals surface area contributed by atoms with Gasteiger partial charge in [0.1, 0.15) is 6.34 Å². The minimum absolute atomic E-state index is 0. The molecule has 0 radical (unpaired) electrons. The lowest BCUT2D eigenvalue weighted by Gasteiger charge is -2.04. The number of anilines is 2. The van der Waals surface area contributed by atoms with Crippen molar-refractivity contribution < 1.29 is 4.79 Å². The van der Waals surface area contributed by atoms with E-state index < -0.39 is 5.91 Å². The van der Waals surface area contributed by atoms with E-state index in [4.69, 9.17) is 28.9 Å². The number of amides is 1. The van der Waals surface area contributed by atoms with Gasteiger partial charge in [0, 0.05) is 0 Å². The van der Waals surface area contributed by atoms with Gasteiger partial charge in [-0.05, 0) is 0 Å². The fourth-order valence-corrected chi connectivity index (χ4v) is 0.900. The predicted octanol–water partition coefficient (Wildman–Crippen LogP) is -0.652. The Balaban J connectivity index is 0.00000225. The number of hydrazone groups is 1. The Kier molecular flexibility index (Phi) is 5.26. The van der Waals surface area contributed by atoms with Gasteiger partial charge in [-0.3, -0.25) is 4.79 Å². The first-order chi connectivity index (χ1) is 7.06. The lowest BCUT2D eigenvalue weighted by atomic mass is 10.4. The van der Waals surface area contributed by atoms with Gasteiger partial charge in [0.15, 0.2) is 22.5 Å². The van der Waals surface area contributed by atoms with Gasteiger partial charge in [0.25, 0.3) is 5.91 Å². The second-order valence-corrected chi connectivity index (χ2v) is 2.74. The van der Waals surface area contributed by atoms with Crippen LogP contribution in [0.4, 0.5) is 11.6 Å². The summed E-state index contributed by atoms with van der Waals surface area (Å²) in [6, 6.07) is 0. The molecule has 0 aromatic carbocycles. The minimum Gasteiger partial charge on any atom is -0.382 e. The van der Waals surface area contributed by atoms with Crippen molar-refractivity contribution in [3.63, 3.8) is 0 Å². The number of nitrogen functional groups attached to an aromatic ring is 2. The van der Waals surface area contributed by atoms with Crippen molar-refractivity contribution in [2.75, 3.05) is 11.5 Å². The molecule has 88 valence electrons. The van der Waals surface area contributed by atoms with Crippen molar-refractivity contribution in [3.8, 4) is 0 Å². The predicted molar refractivity (Wildman–Crippen MR) is 63.3 cm³/mol. The molecule has 0 aliphatic rings. The summed E-state index contributed by atoms with van der Waals surface area (Å²) < 4.78 is 0. The van der Waals surface area contributed by atoms with Gasteiger partial charge in [-0.2, -0.15) is 5.10 Å². The van der Waals surface area contributed by atoms with Crippen LogP contribution in [-0.2, 0) is 0 Å². The van der Waals surface area contributed by atoms with Crippen LogP contribution in [0.3, 0.4) is 0 Å². The number of nitrogens with two attached hydrogens (primary N) is 3. The van der Waals surface area contributed by atoms with E-state index in [1.807, 2.05) is 0 Å². The Morgan fingerprint density at radius 3 is 2.56 bits per heavy atom. The molecule has 0 aliphatic heterocycles. The van der Waals surface area contributed by atoms with E-state index in [1.165, 1.54) is 0 Å². The summed E-state index contributed by atoms with van der Waals surface area (Å²) in [5, 5.41) is 5.17. The van der Waals surface area contributed by atoms with Gasteiger partial charge < -0.3 is 22.6 Å². The molecule has 0 spiro atoms. The molecule has 1 aromatic heterocycles. The van der Waals surface area contributed by atoms with Crippen LogP contribution in [0.1, 0.15) is 10.5 Å². The van der Waals surface area contributed by atoms with Crippen LogP contribution in [0.25, 0.3) is 0 Å². The number of nitrogens with one attached hydrogen (secondary N) is 1. The summed E-state index contributed by atoms with van der Waals surface area (Å²) >= 11 is 5.57. The van der Waals surface area contributed by atoms with E-state index in [0.29, 0.717) is 0 Å². The standard InChI is InChI=1S/C6H8ClN7O.ClH/c7-3-5(9)14-4(8)2(13-3)6(15)11-1-12-10;/h1H,10H2,(H4,8,9,14)(H,11,12,15);1H. The molecule has 1 rings (SSSR count). The molecule has 0 fully saturated rings. The number of rotatable bonds is 2. The highest BCUT2D eigenvalue weighted by molar-refractivity contribution is 6.31. The summed E-state index contributed by atoms with van der Waals surface area (Å²) in [5.41, 5.74) is 10.6. The van der Waals surface area contributed by atoms with E-state index in [0.717, 1.165) is 6.34 Å². The summed E-state index contributed by atoms with van der Waals surface area (Å²) in [7, 11) is 0. The van der Waals surface area contributed by atoms with Crippen LogP contribution in [0.2, 0.25) is 5.15 Å². The van der Waals surface area contributed by atoms with Crippen molar-refractivity contribution in [2.24, 2.45) is 10.9 Å². The van der Waals surface area contributed by atoms with Crippen molar-refractivity contribution in [1.82, 2.24) is 15.3 Å². The normalized spacial score (nSPS) is 9.81. The average molecular weight is 266 g/mol. The number of hydrogen-bond donors (Lipinski definition) is 4. The Hall–Kier alpha value is -1.80. The van der Waals surface area contributed by atoms with E-state index in [1.54, 1.807) is 0 Å². The van der Waals surface area contributed by atoms with Gasteiger partial charge in [-0.1, -0.05) is 11.6 Å². The minimum atomic E-state index is -0.629. The first kappa shape index (κ1) is 14.2. The molecule has 1 aromatic rings. The quantitative estimate of drug-likeness (QED) is 0.242. The summed E-state index contributed by atoms with van der Waals surface area (Å²) in [5.74, 6) is 3.99. The van der Waals surface area contributed by atoms with Crippen LogP contribution in [0, 0.1) is 0 Å². The second-order valence-electron chi connectivity index (χ2n) is 2.39. The molecule has 7 N–H and O–H groups in total. The highest BCUT2D eigenvalue weighted by atomic mass is 35.5. The van der Waals surface area contributed by atoms with Crippen molar-refractivity contribution in [1.29, 1.82) is 0 Å². The van der Waals surface area contributed by atoms with Gasteiger partial charge >= 0.3 is 0 Å². The third kappa shape index (κ3) is 3.11. The number of aromatic nitrogens is 2. The lowest BCUT2D eigenvalue weighted by molar-refractivity contribution is 0.0974. The van der Waals surface area contributed by atoms with Gasteiger partial charge in [-0.25, -0.2) is 9.97 Å². The second kappa shape index (κ2) is 5.93. The number of nitrogens with zero attached hydrogens (tertiary/aromatic N) is 3. The van der Waals surface area contributed by atoms with Gasteiger partial charge in [-0.15, -0.1) is 12.4 Å². The largest absolute Gasteiger partial charge is 0.382 e. The van der Waals surface area contributed by atoms with Crippen LogP contribution in [-0.4, -0.2) is 22.2 Å². The molecular formula is C6H9Cl2N7O. The molecule has 0 unspecified atom stereocenters. The zero-order chi connectivity index (χ0) is 11.4. The van der Waals surface area contributed by atoms with Crippen LogP contribution in [0.5, 0.6) is 0 Å². The highest BCUT2D eigenvalue weighted by Gasteiger charge is 2.14. The molecule has 1 amide bonds. The number of carbonyl (C=O) groups excluding carboxylic acids is 1. The summed E-state index contributed by atoms with van der Waals surface area (Å²) in [6.45, 7) is 0. The Morgan fingerprint density at radius 1 is 1.38 bits per heavy atom. The Labute approximate surface area is 102 Å². The number of carbonyl (C=O) groups is 1. The smallest absolute Gasteiger partial charge is 0.278 e. The van der Waals surface area contributed by atoms with E-state index in [-0.39, 0.29) is 34.9 Å². The lowest BCUT2D eigenvalue weighted by Crippen LogP contribution is -2.25. The molecule has 10 heteroatoms. The fourth-order valence-electron chi connectivity index (χ4n) is 0.773. The molecule has 0 bridgehead atoms. The first-order valence-electron chi connectivity index (χ1n) is 3.67. The highest BCUT2D eigenvalue weighted by Crippen LogP contribution is 2.16. The monoisotopic (exact) mass is 265 g/mol. The molecular weight excluding hydrogens is 257 g/mol. The topological polar surface area (TPSA) is 145 Å². The van der Waals surface area contributed by atoms with Gasteiger partial charge in [0.05, 0.1) is 0 Å². The average Bonchev–Trinajstić information content (AvgIpc) is 2.20. The molecule has 0 saturated carbocycles. The van der Waals surface area contributed by atoms with Crippen LogP contribution >= 0.6 is 24.0 Å². The molecule has 1 heterocycles. The number of hydrogen-bond acceptors (Lipinski definition) is 7. The number of halogens is 2. The maximum Gasteiger partial charge on any atom is 0.278 e. The maximum absolute atomic E-state index is 11.3. The fraction of sp³-hybridized carbons (Fsp3) is 0. The third-order valence-electron chi connectivity index (χ3n) is 1.39. The van der Waals surface area contributed by atoms with E-state index in [2.05, 4.69) is 20.4 Å². The molecule has 0 atom stereocenters. The molecule has 8 nitrogen and oxygen atoms in total.